The summed E-state index contributed by atoms with van der Waals surface area (Å²) in [6.45, 7) is 1.92. The van der Waals surface area contributed by atoms with Gasteiger partial charge in [-0.3, -0.25) is 0 Å². The molecule has 0 heterocycles. The summed E-state index contributed by atoms with van der Waals surface area (Å²) in [5, 5.41) is 12.3. The molecule has 0 atom stereocenters. The second kappa shape index (κ2) is 4.58. The third-order valence-corrected chi connectivity index (χ3v) is 2.57. The maximum Gasteiger partial charge on any atom is 0.102 e. The van der Waals surface area contributed by atoms with Crippen LogP contribution in [0, 0.1) is 18.3 Å². The van der Waals surface area contributed by atoms with Gasteiger partial charge in [0.2, 0.25) is 0 Å². The lowest BCUT2D eigenvalue weighted by atomic mass is 10.1. The maximum atomic E-state index is 9.11. The van der Waals surface area contributed by atoms with Crippen LogP contribution in [0.2, 0.25) is 0 Å². The molecule has 0 aliphatic carbocycles. The molecule has 0 aromatic heterocycles. The van der Waals surface area contributed by atoms with Crippen LogP contribution in [-0.4, -0.2) is 0 Å². The van der Waals surface area contributed by atoms with Crippen molar-refractivity contribution in [1.29, 1.82) is 5.26 Å². The van der Waals surface area contributed by atoms with E-state index in [-0.39, 0.29) is 0 Å². The Morgan fingerprint density at radius 1 is 1.12 bits per heavy atom. The van der Waals surface area contributed by atoms with Crippen molar-refractivity contribution in [2.45, 2.75) is 6.92 Å². The van der Waals surface area contributed by atoms with E-state index in [0.29, 0.717) is 5.56 Å². The van der Waals surface area contributed by atoms with E-state index < -0.39 is 0 Å². The molecule has 0 spiro atoms. The molecule has 3 N–H and O–H groups in total. The number of nitriles is 1. The Balaban J connectivity index is 2.34. The number of nitrogen functional groups attached to an aromatic ring is 1. The van der Waals surface area contributed by atoms with Crippen LogP contribution in [0.4, 0.5) is 17.1 Å². The van der Waals surface area contributed by atoms with E-state index in [0.717, 1.165) is 22.6 Å². The zero-order chi connectivity index (χ0) is 12.3. The minimum atomic E-state index is 0.671. The van der Waals surface area contributed by atoms with Crippen LogP contribution in [-0.2, 0) is 0 Å². The minimum Gasteiger partial charge on any atom is -0.399 e. The lowest BCUT2D eigenvalue weighted by Gasteiger charge is -2.09. The van der Waals surface area contributed by atoms with Crippen molar-refractivity contribution in [2.75, 3.05) is 11.1 Å². The van der Waals surface area contributed by atoms with Crippen molar-refractivity contribution in [3.63, 3.8) is 0 Å². The van der Waals surface area contributed by atoms with E-state index in [9.17, 15) is 0 Å². The summed E-state index contributed by atoms with van der Waals surface area (Å²) in [5.74, 6) is 0. The molecule has 0 aliphatic heterocycles. The summed E-state index contributed by atoms with van der Waals surface area (Å²) in [5.41, 5.74) is 9.71. The van der Waals surface area contributed by atoms with Gasteiger partial charge in [0.1, 0.15) is 6.07 Å². The average Bonchev–Trinajstić information content (AvgIpc) is 2.32. The van der Waals surface area contributed by atoms with Crippen molar-refractivity contribution in [1.82, 2.24) is 0 Å². The standard InChI is InChI=1S/C14H13N3/c1-10-3-2-4-14(13(10)9-15)17-12-7-5-11(16)6-8-12/h2-8,17H,16H2,1H3. The highest BCUT2D eigenvalue weighted by atomic mass is 14.9. The highest BCUT2D eigenvalue weighted by Gasteiger charge is 2.04. The summed E-state index contributed by atoms with van der Waals surface area (Å²) < 4.78 is 0. The third kappa shape index (κ3) is 2.37. The van der Waals surface area contributed by atoms with Crippen molar-refractivity contribution in [3.8, 4) is 6.07 Å². The first-order chi connectivity index (χ1) is 8.20. The summed E-state index contributed by atoms with van der Waals surface area (Å²) >= 11 is 0. The molecule has 0 unspecified atom stereocenters. The first-order valence-electron chi connectivity index (χ1n) is 5.33. The van der Waals surface area contributed by atoms with E-state index >= 15 is 0 Å². The zero-order valence-corrected chi connectivity index (χ0v) is 9.57. The Morgan fingerprint density at radius 3 is 2.47 bits per heavy atom. The molecule has 2 aromatic rings. The van der Waals surface area contributed by atoms with Crippen LogP contribution in [0.3, 0.4) is 0 Å². The van der Waals surface area contributed by atoms with Crippen molar-refractivity contribution in [2.24, 2.45) is 0 Å². The summed E-state index contributed by atoms with van der Waals surface area (Å²) in [6.07, 6.45) is 0. The second-order valence-corrected chi connectivity index (χ2v) is 3.86. The molecule has 0 radical (unpaired) electrons. The van der Waals surface area contributed by atoms with E-state index in [1.165, 1.54) is 0 Å². The van der Waals surface area contributed by atoms with Gasteiger partial charge < -0.3 is 11.1 Å². The molecule has 0 amide bonds. The molecule has 2 rings (SSSR count). The highest BCUT2D eigenvalue weighted by molar-refractivity contribution is 5.69. The van der Waals surface area contributed by atoms with E-state index in [4.69, 9.17) is 11.0 Å². The molecule has 0 aliphatic rings. The number of hydrogen-bond acceptors (Lipinski definition) is 3. The largest absolute Gasteiger partial charge is 0.399 e. The lowest BCUT2D eigenvalue weighted by Crippen LogP contribution is -1.95. The van der Waals surface area contributed by atoms with Gasteiger partial charge in [0, 0.05) is 11.4 Å². The van der Waals surface area contributed by atoms with Gasteiger partial charge in [-0.25, -0.2) is 0 Å². The van der Waals surface area contributed by atoms with Crippen LogP contribution >= 0.6 is 0 Å². The number of anilines is 3. The Morgan fingerprint density at radius 2 is 1.82 bits per heavy atom. The number of nitrogens with two attached hydrogens (primary N) is 1. The van der Waals surface area contributed by atoms with Gasteiger partial charge >= 0.3 is 0 Å². The minimum absolute atomic E-state index is 0.671. The Kier molecular flexibility index (Phi) is 2.97. The van der Waals surface area contributed by atoms with Crippen LogP contribution in [0.5, 0.6) is 0 Å². The molecule has 0 bridgehead atoms. The molecule has 0 fully saturated rings. The van der Waals surface area contributed by atoms with Gasteiger partial charge in [-0.05, 0) is 42.8 Å². The fourth-order valence-corrected chi connectivity index (χ4v) is 1.64. The van der Waals surface area contributed by atoms with Crippen LogP contribution in [0.25, 0.3) is 0 Å². The van der Waals surface area contributed by atoms with Crippen LogP contribution < -0.4 is 11.1 Å². The number of nitrogens with zero attached hydrogens (tertiary/aromatic N) is 1. The summed E-state index contributed by atoms with van der Waals surface area (Å²) in [6, 6.07) is 15.4. The predicted molar refractivity (Wildman–Crippen MR) is 70.0 cm³/mol. The van der Waals surface area contributed by atoms with E-state index in [2.05, 4.69) is 11.4 Å². The lowest BCUT2D eigenvalue weighted by molar-refractivity contribution is 1.38. The molecular weight excluding hydrogens is 210 g/mol. The monoisotopic (exact) mass is 223 g/mol. The van der Waals surface area contributed by atoms with Gasteiger partial charge in [-0.1, -0.05) is 12.1 Å². The van der Waals surface area contributed by atoms with E-state index in [1.807, 2.05) is 49.4 Å². The molecule has 2 aromatic carbocycles. The number of rotatable bonds is 2. The predicted octanol–water partition coefficient (Wildman–Crippen LogP) is 3.19. The first kappa shape index (κ1) is 11.0. The topological polar surface area (TPSA) is 61.8 Å². The number of benzene rings is 2. The van der Waals surface area contributed by atoms with Gasteiger partial charge in [0.15, 0.2) is 0 Å². The van der Waals surface area contributed by atoms with Crippen LogP contribution in [0.15, 0.2) is 42.5 Å². The number of hydrogen-bond donors (Lipinski definition) is 2. The highest BCUT2D eigenvalue weighted by Crippen LogP contribution is 2.23. The molecule has 3 nitrogen and oxygen atoms in total. The smallest absolute Gasteiger partial charge is 0.102 e. The molecule has 0 saturated heterocycles. The molecule has 3 heteroatoms. The van der Waals surface area contributed by atoms with Crippen molar-refractivity contribution < 1.29 is 0 Å². The Bertz CT molecular complexity index is 565. The second-order valence-electron chi connectivity index (χ2n) is 3.86. The summed E-state index contributed by atoms with van der Waals surface area (Å²) in [4.78, 5) is 0. The summed E-state index contributed by atoms with van der Waals surface area (Å²) in [7, 11) is 0. The quantitative estimate of drug-likeness (QED) is 0.768. The van der Waals surface area contributed by atoms with Gasteiger partial charge in [0.05, 0.1) is 11.3 Å². The molecule has 84 valence electrons. The maximum absolute atomic E-state index is 9.11. The fourth-order valence-electron chi connectivity index (χ4n) is 1.64. The molecule has 0 saturated carbocycles. The van der Waals surface area contributed by atoms with Gasteiger partial charge in [-0.15, -0.1) is 0 Å². The normalized spacial score (nSPS) is 9.65. The van der Waals surface area contributed by atoms with Crippen molar-refractivity contribution >= 4 is 17.1 Å². The number of aryl methyl sites for hydroxylation is 1. The van der Waals surface area contributed by atoms with Gasteiger partial charge in [-0.2, -0.15) is 5.26 Å². The van der Waals surface area contributed by atoms with Crippen molar-refractivity contribution in [3.05, 3.63) is 53.6 Å². The van der Waals surface area contributed by atoms with Crippen LogP contribution in [0.1, 0.15) is 11.1 Å². The molecule has 17 heavy (non-hydrogen) atoms. The fraction of sp³-hybridized carbons (Fsp3) is 0.0714. The zero-order valence-electron chi connectivity index (χ0n) is 9.57. The third-order valence-electron chi connectivity index (χ3n) is 2.57. The SMILES string of the molecule is Cc1cccc(Nc2ccc(N)cc2)c1C#N. The Hall–Kier alpha value is -2.47. The molecular formula is C14H13N3. The average molecular weight is 223 g/mol. The first-order valence-corrected chi connectivity index (χ1v) is 5.33. The van der Waals surface area contributed by atoms with Gasteiger partial charge in [0.25, 0.3) is 0 Å². The van der Waals surface area contributed by atoms with E-state index in [1.54, 1.807) is 0 Å². The Labute approximate surface area is 101 Å². The number of nitrogens with one attached hydrogen (secondary N) is 1.